The lowest BCUT2D eigenvalue weighted by Crippen LogP contribution is -1.97. The van der Waals surface area contributed by atoms with Gasteiger partial charge in [0.15, 0.2) is 11.3 Å². The number of hydrogen-bond acceptors (Lipinski definition) is 5. The number of rotatable bonds is 3. The second-order valence-corrected chi connectivity index (χ2v) is 2.23. The minimum Gasteiger partial charge on any atom is -0.427 e. The van der Waals surface area contributed by atoms with Crippen LogP contribution in [0.5, 0.6) is 5.75 Å². The van der Waals surface area contributed by atoms with E-state index in [4.69, 9.17) is 5.26 Å². The molecular formula is C8H4N2O4. The average molecular weight is 192 g/mol. The fraction of sp³-hybridized carbons (Fsp3) is 0. The summed E-state index contributed by atoms with van der Waals surface area (Å²) in [6.45, 7) is 0.111. The Hall–Kier alpha value is -2.42. The molecule has 1 aromatic rings. The molecule has 70 valence electrons. The van der Waals surface area contributed by atoms with Gasteiger partial charge in [-0.25, -0.2) is 0 Å². The largest absolute Gasteiger partial charge is 0.427 e. The fourth-order valence-corrected chi connectivity index (χ4v) is 0.934. The van der Waals surface area contributed by atoms with Crippen molar-refractivity contribution in [1.29, 1.82) is 5.26 Å². The minimum atomic E-state index is -0.712. The zero-order valence-corrected chi connectivity index (χ0v) is 6.84. The van der Waals surface area contributed by atoms with Gasteiger partial charge >= 0.3 is 0 Å². The Morgan fingerprint density at radius 1 is 1.57 bits per heavy atom. The van der Waals surface area contributed by atoms with Crippen molar-refractivity contribution in [2.24, 2.45) is 0 Å². The van der Waals surface area contributed by atoms with E-state index in [-0.39, 0.29) is 23.5 Å². The van der Waals surface area contributed by atoms with E-state index < -0.39 is 4.92 Å². The first-order valence-electron chi connectivity index (χ1n) is 3.48. The first-order valence-corrected chi connectivity index (χ1v) is 3.48. The summed E-state index contributed by atoms with van der Waals surface area (Å²) in [5.74, 6) is -0.114. The third-order valence-electron chi connectivity index (χ3n) is 1.49. The lowest BCUT2D eigenvalue weighted by atomic mass is 10.2. The van der Waals surface area contributed by atoms with E-state index in [1.807, 2.05) is 0 Å². The third-order valence-corrected chi connectivity index (χ3v) is 1.49. The Labute approximate surface area is 78.5 Å². The number of benzene rings is 1. The van der Waals surface area contributed by atoms with Crippen molar-refractivity contribution in [1.82, 2.24) is 0 Å². The van der Waals surface area contributed by atoms with Gasteiger partial charge in [-0.05, 0) is 6.07 Å². The van der Waals surface area contributed by atoms with Crippen molar-refractivity contribution in [2.45, 2.75) is 0 Å². The Balaban J connectivity index is 3.33. The van der Waals surface area contributed by atoms with Crippen molar-refractivity contribution in [2.75, 3.05) is 0 Å². The van der Waals surface area contributed by atoms with Crippen LogP contribution < -0.4 is 4.74 Å². The van der Waals surface area contributed by atoms with E-state index in [9.17, 15) is 14.9 Å². The summed E-state index contributed by atoms with van der Waals surface area (Å²) >= 11 is 0. The van der Waals surface area contributed by atoms with Gasteiger partial charge in [-0.15, -0.1) is 0 Å². The van der Waals surface area contributed by atoms with Crippen LogP contribution in [-0.2, 0) is 4.79 Å². The van der Waals surface area contributed by atoms with Crippen molar-refractivity contribution in [3.8, 4) is 11.8 Å². The molecule has 0 aliphatic carbocycles. The van der Waals surface area contributed by atoms with Gasteiger partial charge in [-0.2, -0.15) is 5.26 Å². The van der Waals surface area contributed by atoms with Gasteiger partial charge < -0.3 is 4.74 Å². The highest BCUT2D eigenvalue weighted by atomic mass is 16.6. The fourth-order valence-electron chi connectivity index (χ4n) is 0.934. The molecule has 6 heteroatoms. The van der Waals surface area contributed by atoms with E-state index in [2.05, 4.69) is 4.74 Å². The van der Waals surface area contributed by atoms with Crippen LogP contribution in [0.2, 0.25) is 0 Å². The van der Waals surface area contributed by atoms with Crippen LogP contribution in [0.25, 0.3) is 0 Å². The zero-order valence-electron chi connectivity index (χ0n) is 6.84. The van der Waals surface area contributed by atoms with Crippen molar-refractivity contribution in [3.63, 3.8) is 0 Å². The summed E-state index contributed by atoms with van der Waals surface area (Å²) in [6, 6.07) is 5.40. The summed E-state index contributed by atoms with van der Waals surface area (Å²) in [4.78, 5) is 19.8. The van der Waals surface area contributed by atoms with Crippen LogP contribution in [0, 0.1) is 21.4 Å². The molecule has 0 aliphatic rings. The lowest BCUT2D eigenvalue weighted by Gasteiger charge is -1.99. The summed E-state index contributed by atoms with van der Waals surface area (Å²) in [5.41, 5.74) is -0.642. The van der Waals surface area contributed by atoms with Gasteiger partial charge in [0.1, 0.15) is 6.07 Å². The highest BCUT2D eigenvalue weighted by Crippen LogP contribution is 2.26. The molecule has 0 radical (unpaired) electrons. The molecule has 0 saturated heterocycles. The Kier molecular flexibility index (Phi) is 2.76. The van der Waals surface area contributed by atoms with Crippen molar-refractivity contribution < 1.29 is 14.5 Å². The standard InChI is InChI=1S/C8H4N2O4/c9-4-6-7(10(12)13)2-1-3-8(6)14-5-11/h1-3,5H. The molecule has 0 saturated carbocycles. The maximum absolute atomic E-state index is 10.4. The van der Waals surface area contributed by atoms with Crippen LogP contribution in [0.1, 0.15) is 5.56 Å². The maximum Gasteiger partial charge on any atom is 0.298 e. The molecule has 0 unspecified atom stereocenters. The molecule has 14 heavy (non-hydrogen) atoms. The second-order valence-electron chi connectivity index (χ2n) is 2.23. The lowest BCUT2D eigenvalue weighted by molar-refractivity contribution is -0.385. The van der Waals surface area contributed by atoms with Crippen molar-refractivity contribution in [3.05, 3.63) is 33.9 Å². The first-order chi connectivity index (χ1) is 6.70. The molecule has 0 fully saturated rings. The molecule has 0 N–H and O–H groups in total. The van der Waals surface area contributed by atoms with Crippen molar-refractivity contribution >= 4 is 12.2 Å². The number of nitro groups is 1. The monoisotopic (exact) mass is 192 g/mol. The third kappa shape index (κ3) is 1.67. The summed E-state index contributed by atoms with van der Waals surface area (Å²) in [7, 11) is 0. The van der Waals surface area contributed by atoms with Gasteiger partial charge in [-0.3, -0.25) is 14.9 Å². The van der Waals surface area contributed by atoms with Crippen LogP contribution in [0.3, 0.4) is 0 Å². The molecule has 0 bridgehead atoms. The average Bonchev–Trinajstić information content (AvgIpc) is 2.18. The van der Waals surface area contributed by atoms with E-state index in [0.717, 1.165) is 6.07 Å². The minimum absolute atomic E-state index is 0.111. The first kappa shape index (κ1) is 9.67. The molecule has 1 aromatic carbocycles. The van der Waals surface area contributed by atoms with Gasteiger partial charge in [-0.1, -0.05) is 6.07 Å². The molecule has 1 rings (SSSR count). The van der Waals surface area contributed by atoms with Crippen LogP contribution in [-0.4, -0.2) is 11.4 Å². The van der Waals surface area contributed by atoms with Gasteiger partial charge in [0.25, 0.3) is 12.2 Å². The quantitative estimate of drug-likeness (QED) is 0.404. The SMILES string of the molecule is N#Cc1c(OC=O)cccc1[N+](=O)[O-]. The molecule has 0 heterocycles. The Morgan fingerprint density at radius 3 is 2.79 bits per heavy atom. The summed E-state index contributed by atoms with van der Waals surface area (Å²) in [5, 5.41) is 19.1. The normalized spacial score (nSPS) is 8.79. The molecule has 0 aliphatic heterocycles. The number of carbonyl (C=O) groups excluding carboxylic acids is 1. The molecule has 0 atom stereocenters. The number of nitro benzene ring substituents is 1. The van der Waals surface area contributed by atoms with Gasteiger partial charge in [0.05, 0.1) is 4.92 Å². The topological polar surface area (TPSA) is 93.2 Å². The zero-order chi connectivity index (χ0) is 10.6. The highest BCUT2D eigenvalue weighted by Gasteiger charge is 2.17. The molecule has 0 aromatic heterocycles. The summed E-state index contributed by atoms with van der Waals surface area (Å²) < 4.78 is 4.41. The molecular weight excluding hydrogens is 188 g/mol. The predicted molar refractivity (Wildman–Crippen MR) is 44.5 cm³/mol. The van der Waals surface area contributed by atoms with Crippen LogP contribution in [0.15, 0.2) is 18.2 Å². The molecule has 0 spiro atoms. The highest BCUT2D eigenvalue weighted by molar-refractivity contribution is 5.60. The predicted octanol–water partition coefficient (Wildman–Crippen LogP) is 1.00. The van der Waals surface area contributed by atoms with E-state index in [0.29, 0.717) is 0 Å². The van der Waals surface area contributed by atoms with Gasteiger partial charge in [0, 0.05) is 6.07 Å². The maximum atomic E-state index is 10.4. The molecule has 6 nitrogen and oxygen atoms in total. The number of ether oxygens (including phenoxy) is 1. The number of nitrogens with zero attached hydrogens (tertiary/aromatic N) is 2. The Morgan fingerprint density at radius 2 is 2.29 bits per heavy atom. The second kappa shape index (κ2) is 4.00. The van der Waals surface area contributed by atoms with E-state index in [1.54, 1.807) is 6.07 Å². The smallest absolute Gasteiger partial charge is 0.298 e. The van der Waals surface area contributed by atoms with Gasteiger partial charge in [0.2, 0.25) is 0 Å². The number of hydrogen-bond donors (Lipinski definition) is 0. The van der Waals surface area contributed by atoms with E-state index >= 15 is 0 Å². The summed E-state index contributed by atoms with van der Waals surface area (Å²) in [6.07, 6.45) is 0. The number of carbonyl (C=O) groups is 1. The molecule has 0 amide bonds. The number of nitriles is 1. The van der Waals surface area contributed by atoms with E-state index in [1.165, 1.54) is 12.1 Å². The Bertz CT molecular complexity index is 422. The van der Waals surface area contributed by atoms with Crippen LogP contribution in [0.4, 0.5) is 5.69 Å². The van der Waals surface area contributed by atoms with Crippen LogP contribution >= 0.6 is 0 Å².